The Kier molecular flexibility index (Phi) is 4.73. The van der Waals surface area contributed by atoms with Crippen molar-refractivity contribution in [2.75, 3.05) is 36.8 Å². The van der Waals surface area contributed by atoms with Gasteiger partial charge in [0.25, 0.3) is 5.56 Å². The number of hydrogen-bond acceptors (Lipinski definition) is 6. The van der Waals surface area contributed by atoms with E-state index in [1.807, 2.05) is 29.6 Å². The summed E-state index contributed by atoms with van der Waals surface area (Å²) in [5.74, 6) is 0.660. The molecule has 26 heavy (non-hydrogen) atoms. The van der Waals surface area contributed by atoms with Crippen LogP contribution in [0.2, 0.25) is 0 Å². The molecule has 0 spiro atoms. The van der Waals surface area contributed by atoms with Crippen LogP contribution in [0.1, 0.15) is 5.56 Å². The minimum atomic E-state index is -0.109. The number of aromatic nitrogens is 2. The third-order valence-electron chi connectivity index (χ3n) is 4.56. The number of piperazine rings is 1. The number of nitrogens with one attached hydrogen (secondary N) is 1. The second-order valence-electron chi connectivity index (χ2n) is 6.44. The van der Waals surface area contributed by atoms with E-state index >= 15 is 0 Å². The first-order chi connectivity index (χ1) is 12.7. The van der Waals surface area contributed by atoms with Gasteiger partial charge in [-0.1, -0.05) is 18.2 Å². The topological polar surface area (TPSA) is 78.2 Å². The molecular weight excluding hydrogens is 346 g/mol. The molecule has 134 valence electrons. The number of benzene rings is 1. The summed E-state index contributed by atoms with van der Waals surface area (Å²) >= 11 is 1.59. The predicted octanol–water partition coefficient (Wildman–Crippen LogP) is 2.40. The van der Waals surface area contributed by atoms with Gasteiger partial charge in [0.05, 0.1) is 10.6 Å². The van der Waals surface area contributed by atoms with E-state index in [9.17, 15) is 4.79 Å². The van der Waals surface area contributed by atoms with E-state index in [0.717, 1.165) is 49.0 Å². The Hall–Kier alpha value is -2.64. The Bertz CT molecular complexity index is 912. The molecule has 3 aromatic rings. The molecule has 0 unspecified atom stereocenters. The van der Waals surface area contributed by atoms with E-state index in [-0.39, 0.29) is 5.56 Å². The lowest BCUT2D eigenvalue weighted by Crippen LogP contribution is -2.46. The molecule has 1 fully saturated rings. The number of thiophene rings is 1. The fraction of sp³-hybridized carbons (Fsp3) is 0.263. The monoisotopic (exact) mass is 367 g/mol. The average Bonchev–Trinajstić information content (AvgIpc) is 3.19. The zero-order chi connectivity index (χ0) is 17.9. The van der Waals surface area contributed by atoms with Gasteiger partial charge in [-0.2, -0.15) is 0 Å². The van der Waals surface area contributed by atoms with Crippen LogP contribution < -0.4 is 16.2 Å². The van der Waals surface area contributed by atoms with E-state index in [1.54, 1.807) is 17.4 Å². The molecule has 0 bridgehead atoms. The van der Waals surface area contributed by atoms with E-state index in [0.29, 0.717) is 5.95 Å². The largest absolute Gasteiger partial charge is 0.399 e. The van der Waals surface area contributed by atoms with Gasteiger partial charge >= 0.3 is 0 Å². The zero-order valence-corrected chi connectivity index (χ0v) is 15.2. The molecule has 2 aromatic heterocycles. The first-order valence-electron chi connectivity index (χ1n) is 8.64. The third-order valence-corrected chi connectivity index (χ3v) is 5.45. The summed E-state index contributed by atoms with van der Waals surface area (Å²) in [4.78, 5) is 25.2. The van der Waals surface area contributed by atoms with Gasteiger partial charge < -0.3 is 10.6 Å². The molecule has 1 aliphatic heterocycles. The van der Waals surface area contributed by atoms with Gasteiger partial charge in [0.2, 0.25) is 5.95 Å². The Labute approximate surface area is 155 Å². The Morgan fingerprint density at radius 3 is 2.58 bits per heavy atom. The van der Waals surface area contributed by atoms with Crippen molar-refractivity contribution in [2.45, 2.75) is 6.54 Å². The molecule has 3 heterocycles. The molecule has 0 amide bonds. The van der Waals surface area contributed by atoms with Crippen LogP contribution in [0.5, 0.6) is 0 Å². The van der Waals surface area contributed by atoms with Crippen molar-refractivity contribution < 1.29 is 0 Å². The summed E-state index contributed by atoms with van der Waals surface area (Å²) in [7, 11) is 0. The van der Waals surface area contributed by atoms with E-state index < -0.39 is 0 Å². The zero-order valence-electron chi connectivity index (χ0n) is 14.4. The molecule has 4 rings (SSSR count). The highest BCUT2D eigenvalue weighted by Gasteiger charge is 2.19. The second-order valence-corrected chi connectivity index (χ2v) is 7.38. The van der Waals surface area contributed by atoms with Crippen molar-refractivity contribution in [3.05, 3.63) is 63.8 Å². The fourth-order valence-corrected chi connectivity index (χ4v) is 3.83. The molecule has 1 saturated heterocycles. The van der Waals surface area contributed by atoms with E-state index in [2.05, 4.69) is 31.9 Å². The lowest BCUT2D eigenvalue weighted by Gasteiger charge is -2.35. The van der Waals surface area contributed by atoms with Crippen LogP contribution in [0.15, 0.2) is 52.6 Å². The molecule has 1 aromatic carbocycles. The Morgan fingerprint density at radius 2 is 1.88 bits per heavy atom. The Morgan fingerprint density at radius 1 is 1.12 bits per heavy atom. The lowest BCUT2D eigenvalue weighted by atomic mass is 10.2. The van der Waals surface area contributed by atoms with Crippen molar-refractivity contribution in [3.63, 3.8) is 0 Å². The fourth-order valence-electron chi connectivity index (χ4n) is 3.14. The van der Waals surface area contributed by atoms with Gasteiger partial charge in [0.15, 0.2) is 0 Å². The maximum atomic E-state index is 12.0. The number of anilines is 2. The van der Waals surface area contributed by atoms with Crippen molar-refractivity contribution in [2.24, 2.45) is 0 Å². The summed E-state index contributed by atoms with van der Waals surface area (Å²) in [6.45, 7) is 4.44. The first kappa shape index (κ1) is 16.8. The maximum Gasteiger partial charge on any atom is 0.252 e. The number of H-pyrrole nitrogens is 1. The van der Waals surface area contributed by atoms with Gasteiger partial charge in [-0.15, -0.1) is 11.3 Å². The van der Waals surface area contributed by atoms with Crippen molar-refractivity contribution in [1.82, 2.24) is 14.9 Å². The maximum absolute atomic E-state index is 12.0. The molecule has 7 heteroatoms. The van der Waals surface area contributed by atoms with E-state index in [1.165, 1.54) is 5.56 Å². The van der Waals surface area contributed by atoms with Gasteiger partial charge in [-0.25, -0.2) is 4.98 Å². The highest BCUT2D eigenvalue weighted by atomic mass is 32.1. The summed E-state index contributed by atoms with van der Waals surface area (Å²) < 4.78 is 0. The number of nitrogens with two attached hydrogens (primary N) is 1. The van der Waals surface area contributed by atoms with Crippen LogP contribution in [0.3, 0.4) is 0 Å². The number of nitrogens with zero attached hydrogens (tertiary/aromatic N) is 3. The quantitative estimate of drug-likeness (QED) is 0.693. The minimum Gasteiger partial charge on any atom is -0.399 e. The SMILES string of the molecule is Nc1ccc(CN2CCN(c3nc(-c4cccs4)cc(=O)[nH]3)CC2)cc1. The summed E-state index contributed by atoms with van der Waals surface area (Å²) in [6, 6.07) is 13.6. The van der Waals surface area contributed by atoms with Gasteiger partial charge in [-0.3, -0.25) is 14.7 Å². The molecule has 0 radical (unpaired) electrons. The van der Waals surface area contributed by atoms with E-state index in [4.69, 9.17) is 5.73 Å². The summed E-state index contributed by atoms with van der Waals surface area (Å²) in [6.07, 6.45) is 0. The summed E-state index contributed by atoms with van der Waals surface area (Å²) in [5, 5.41) is 1.99. The number of hydrogen-bond donors (Lipinski definition) is 2. The number of nitrogen functional groups attached to an aromatic ring is 1. The van der Waals surface area contributed by atoms with Crippen LogP contribution in [0.25, 0.3) is 10.6 Å². The van der Waals surface area contributed by atoms with Crippen LogP contribution in [0.4, 0.5) is 11.6 Å². The molecular formula is C19H21N5OS. The van der Waals surface area contributed by atoms with Gasteiger partial charge in [0, 0.05) is 44.5 Å². The first-order valence-corrected chi connectivity index (χ1v) is 9.52. The highest BCUT2D eigenvalue weighted by Crippen LogP contribution is 2.23. The third kappa shape index (κ3) is 3.79. The summed E-state index contributed by atoms with van der Waals surface area (Å²) in [5.41, 5.74) is 8.43. The predicted molar refractivity (Wildman–Crippen MR) is 107 cm³/mol. The second kappa shape index (κ2) is 7.31. The Balaban J connectivity index is 1.43. The minimum absolute atomic E-state index is 0.109. The number of aromatic amines is 1. The van der Waals surface area contributed by atoms with Crippen LogP contribution in [0, 0.1) is 0 Å². The van der Waals surface area contributed by atoms with Crippen molar-refractivity contribution in [3.8, 4) is 10.6 Å². The van der Waals surface area contributed by atoms with Gasteiger partial charge in [0.1, 0.15) is 0 Å². The lowest BCUT2D eigenvalue weighted by molar-refractivity contribution is 0.248. The molecule has 6 nitrogen and oxygen atoms in total. The smallest absolute Gasteiger partial charge is 0.252 e. The molecule has 0 atom stereocenters. The highest BCUT2D eigenvalue weighted by molar-refractivity contribution is 7.13. The standard InChI is InChI=1S/C19H21N5OS/c20-15-5-3-14(4-6-15)13-23-7-9-24(10-8-23)19-21-16(12-18(25)22-19)17-2-1-11-26-17/h1-6,11-12H,7-10,13,20H2,(H,21,22,25). The van der Waals surface area contributed by atoms with Crippen LogP contribution >= 0.6 is 11.3 Å². The van der Waals surface area contributed by atoms with Gasteiger partial charge in [-0.05, 0) is 29.1 Å². The molecule has 1 aliphatic rings. The average molecular weight is 367 g/mol. The van der Waals surface area contributed by atoms with Crippen molar-refractivity contribution >= 4 is 23.0 Å². The molecule has 0 aliphatic carbocycles. The van der Waals surface area contributed by atoms with Crippen LogP contribution in [-0.4, -0.2) is 41.0 Å². The molecule has 0 saturated carbocycles. The number of rotatable bonds is 4. The van der Waals surface area contributed by atoms with Crippen molar-refractivity contribution in [1.29, 1.82) is 0 Å². The molecule has 3 N–H and O–H groups in total. The normalized spacial score (nSPS) is 15.3. The van der Waals surface area contributed by atoms with Crippen LogP contribution in [-0.2, 0) is 6.54 Å².